The Kier molecular flexibility index (Phi) is 9.55. The number of thioether (sulfide) groups is 1. The van der Waals surface area contributed by atoms with E-state index in [0.717, 1.165) is 11.3 Å². The van der Waals surface area contributed by atoms with Gasteiger partial charge in [-0.3, -0.25) is 9.59 Å². The molecule has 4 nitrogen and oxygen atoms in total. The van der Waals surface area contributed by atoms with E-state index < -0.39 is 6.04 Å². The average Bonchev–Trinajstić information content (AvgIpc) is 2.70. The van der Waals surface area contributed by atoms with Crippen molar-refractivity contribution in [2.24, 2.45) is 0 Å². The van der Waals surface area contributed by atoms with Gasteiger partial charge in [-0.1, -0.05) is 54.1 Å². The Hall–Kier alpha value is -1.98. The normalized spacial score (nSPS) is 11.9. The molecule has 2 rings (SSSR count). The first kappa shape index (κ1) is 23.3. The highest BCUT2D eigenvalue weighted by molar-refractivity contribution is 7.98. The molecule has 0 spiro atoms. The van der Waals surface area contributed by atoms with Crippen LogP contribution in [0.25, 0.3) is 0 Å². The van der Waals surface area contributed by atoms with Crippen LogP contribution < -0.4 is 5.32 Å². The number of benzene rings is 2. The van der Waals surface area contributed by atoms with Crippen molar-refractivity contribution in [3.8, 4) is 0 Å². The minimum atomic E-state index is -0.542. The zero-order valence-electron chi connectivity index (χ0n) is 17.2. The van der Waals surface area contributed by atoms with E-state index in [2.05, 4.69) is 17.4 Å². The maximum Gasteiger partial charge on any atom is 0.242 e. The van der Waals surface area contributed by atoms with Crippen molar-refractivity contribution in [1.82, 2.24) is 10.2 Å². The highest BCUT2D eigenvalue weighted by Crippen LogP contribution is 2.17. The fourth-order valence-corrected chi connectivity index (χ4v) is 3.86. The molecule has 6 heteroatoms. The smallest absolute Gasteiger partial charge is 0.242 e. The van der Waals surface area contributed by atoms with Crippen LogP contribution in [0.15, 0.2) is 54.6 Å². The van der Waals surface area contributed by atoms with Crippen molar-refractivity contribution < 1.29 is 9.59 Å². The van der Waals surface area contributed by atoms with Crippen LogP contribution in [0.3, 0.4) is 0 Å². The number of carbonyl (C=O) groups is 2. The summed E-state index contributed by atoms with van der Waals surface area (Å²) in [5.41, 5.74) is 2.19. The minimum absolute atomic E-state index is 0.0214. The summed E-state index contributed by atoms with van der Waals surface area (Å²) in [6.07, 6.45) is 0.393. The molecule has 2 amide bonds. The van der Waals surface area contributed by atoms with Crippen molar-refractivity contribution in [3.05, 3.63) is 70.7 Å². The average molecular weight is 433 g/mol. The predicted molar refractivity (Wildman–Crippen MR) is 122 cm³/mol. The first-order valence-corrected chi connectivity index (χ1v) is 11.4. The van der Waals surface area contributed by atoms with Crippen molar-refractivity contribution in [2.45, 2.75) is 51.6 Å². The molecular formula is C23H29ClN2O2S. The second kappa shape index (κ2) is 11.9. The van der Waals surface area contributed by atoms with Gasteiger partial charge < -0.3 is 10.2 Å². The first-order chi connectivity index (χ1) is 13.9. The van der Waals surface area contributed by atoms with Gasteiger partial charge in [0, 0.05) is 35.5 Å². The Bertz CT molecular complexity index is 781. The van der Waals surface area contributed by atoms with Gasteiger partial charge in [-0.25, -0.2) is 0 Å². The van der Waals surface area contributed by atoms with E-state index >= 15 is 0 Å². The molecule has 0 saturated carbocycles. The van der Waals surface area contributed by atoms with Crippen LogP contribution in [-0.4, -0.2) is 34.6 Å². The molecule has 0 heterocycles. The molecule has 0 aliphatic carbocycles. The number of nitrogens with zero attached hydrogens (tertiary/aromatic N) is 1. The van der Waals surface area contributed by atoms with E-state index in [1.54, 1.807) is 35.7 Å². The second-order valence-electron chi connectivity index (χ2n) is 7.28. The van der Waals surface area contributed by atoms with Crippen LogP contribution in [0.2, 0.25) is 5.02 Å². The van der Waals surface area contributed by atoms with Gasteiger partial charge in [-0.2, -0.15) is 11.8 Å². The van der Waals surface area contributed by atoms with Gasteiger partial charge in [0.15, 0.2) is 0 Å². The monoisotopic (exact) mass is 432 g/mol. The number of amides is 2. The van der Waals surface area contributed by atoms with Gasteiger partial charge in [0.05, 0.1) is 0 Å². The molecule has 2 aromatic rings. The van der Waals surface area contributed by atoms with Crippen LogP contribution in [-0.2, 0) is 21.9 Å². The van der Waals surface area contributed by atoms with E-state index in [4.69, 9.17) is 11.6 Å². The summed E-state index contributed by atoms with van der Waals surface area (Å²) in [5, 5.41) is 3.55. The molecule has 1 atom stereocenters. The zero-order chi connectivity index (χ0) is 21.2. The summed E-state index contributed by atoms with van der Waals surface area (Å²) < 4.78 is 0. The highest BCUT2D eigenvalue weighted by atomic mass is 35.5. The lowest BCUT2D eigenvalue weighted by molar-refractivity contribution is -0.140. The van der Waals surface area contributed by atoms with Crippen molar-refractivity contribution in [3.63, 3.8) is 0 Å². The molecule has 0 radical (unpaired) electrons. The Morgan fingerprint density at radius 1 is 1.00 bits per heavy atom. The second-order valence-corrected chi connectivity index (χ2v) is 8.82. The van der Waals surface area contributed by atoms with Gasteiger partial charge in [0.25, 0.3) is 0 Å². The van der Waals surface area contributed by atoms with E-state index in [0.29, 0.717) is 23.7 Å². The van der Waals surface area contributed by atoms with E-state index in [1.807, 2.05) is 44.2 Å². The summed E-state index contributed by atoms with van der Waals surface area (Å²) in [6.45, 7) is 5.99. The third-order valence-corrected chi connectivity index (χ3v) is 5.72. The van der Waals surface area contributed by atoms with Gasteiger partial charge in [-0.15, -0.1) is 0 Å². The highest BCUT2D eigenvalue weighted by Gasteiger charge is 2.26. The topological polar surface area (TPSA) is 49.4 Å². The van der Waals surface area contributed by atoms with Crippen LogP contribution in [0.4, 0.5) is 0 Å². The van der Waals surface area contributed by atoms with Crippen molar-refractivity contribution in [2.75, 3.05) is 5.75 Å². The number of rotatable bonds is 10. The van der Waals surface area contributed by atoms with Crippen LogP contribution >= 0.6 is 23.4 Å². The molecule has 1 N–H and O–H groups in total. The lowest BCUT2D eigenvalue weighted by atomic mass is 10.1. The van der Waals surface area contributed by atoms with Crippen LogP contribution in [0, 0.1) is 0 Å². The van der Waals surface area contributed by atoms with Crippen molar-refractivity contribution in [1.29, 1.82) is 0 Å². The standard InChI is InChI=1S/C23H29ClN2O2S/c1-17(2)25-23(28)18(3)26(15-19-9-11-21(24)12-10-19)22(27)13-14-29-16-20-7-5-4-6-8-20/h4-12,17-18H,13-16H2,1-3H3,(H,25,28). The maximum atomic E-state index is 13.0. The quantitative estimate of drug-likeness (QED) is 0.543. The summed E-state index contributed by atoms with van der Waals surface area (Å²) in [4.78, 5) is 27.1. The predicted octanol–water partition coefficient (Wildman–Crippen LogP) is 4.91. The molecule has 0 fully saturated rings. The Balaban J connectivity index is 1.99. The molecule has 2 aromatic carbocycles. The number of nitrogens with one attached hydrogen (secondary N) is 1. The number of hydrogen-bond acceptors (Lipinski definition) is 3. The molecule has 1 unspecified atom stereocenters. The maximum absolute atomic E-state index is 13.0. The first-order valence-electron chi connectivity index (χ1n) is 9.82. The van der Waals surface area contributed by atoms with Gasteiger partial charge >= 0.3 is 0 Å². The van der Waals surface area contributed by atoms with Crippen molar-refractivity contribution >= 4 is 35.2 Å². The number of carbonyl (C=O) groups excluding carboxylic acids is 2. The van der Waals surface area contributed by atoms with Gasteiger partial charge in [0.1, 0.15) is 6.04 Å². The van der Waals surface area contributed by atoms with E-state index in [9.17, 15) is 9.59 Å². The number of halogens is 1. The summed E-state index contributed by atoms with van der Waals surface area (Å²) in [5.74, 6) is 1.42. The Morgan fingerprint density at radius 3 is 2.28 bits per heavy atom. The lowest BCUT2D eigenvalue weighted by Crippen LogP contribution is -2.49. The zero-order valence-corrected chi connectivity index (χ0v) is 18.8. The fourth-order valence-electron chi connectivity index (χ4n) is 2.84. The summed E-state index contributed by atoms with van der Waals surface area (Å²) in [7, 11) is 0. The minimum Gasteiger partial charge on any atom is -0.352 e. The molecule has 0 aliphatic heterocycles. The Morgan fingerprint density at radius 2 is 1.66 bits per heavy atom. The summed E-state index contributed by atoms with van der Waals surface area (Å²) in [6, 6.07) is 17.1. The fraction of sp³-hybridized carbons (Fsp3) is 0.391. The van der Waals surface area contributed by atoms with Crippen LogP contribution in [0.1, 0.15) is 38.3 Å². The third-order valence-electron chi connectivity index (χ3n) is 4.44. The third kappa shape index (κ3) is 8.11. The molecule has 0 bridgehead atoms. The van der Waals surface area contributed by atoms with Gasteiger partial charge in [-0.05, 0) is 44.0 Å². The summed E-state index contributed by atoms with van der Waals surface area (Å²) >= 11 is 7.69. The SMILES string of the molecule is CC(C)NC(=O)C(C)N(Cc1ccc(Cl)cc1)C(=O)CCSCc1ccccc1. The lowest BCUT2D eigenvalue weighted by Gasteiger charge is -2.29. The van der Waals surface area contributed by atoms with E-state index in [1.165, 1.54) is 5.56 Å². The molecule has 0 aliphatic rings. The Labute approximate surface area is 183 Å². The number of hydrogen-bond donors (Lipinski definition) is 1. The molecular weight excluding hydrogens is 404 g/mol. The molecule has 156 valence electrons. The molecule has 0 saturated heterocycles. The largest absolute Gasteiger partial charge is 0.352 e. The van der Waals surface area contributed by atoms with Gasteiger partial charge in [0.2, 0.25) is 11.8 Å². The molecule has 29 heavy (non-hydrogen) atoms. The van der Waals surface area contributed by atoms with Crippen LogP contribution in [0.5, 0.6) is 0 Å². The molecule has 0 aromatic heterocycles. The van der Waals surface area contributed by atoms with E-state index in [-0.39, 0.29) is 17.9 Å².